The van der Waals surface area contributed by atoms with E-state index < -0.39 is 0 Å². The van der Waals surface area contributed by atoms with Gasteiger partial charge in [-0.25, -0.2) is 0 Å². The van der Waals surface area contributed by atoms with Gasteiger partial charge in [-0.3, -0.25) is 4.68 Å². The quantitative estimate of drug-likeness (QED) is 0.583. The summed E-state index contributed by atoms with van der Waals surface area (Å²) in [5.41, 5.74) is 7.28. The number of unbranched alkanes of at least 4 members (excludes halogenated alkanes) is 8. The van der Waals surface area contributed by atoms with Crippen molar-refractivity contribution in [2.45, 2.75) is 77.2 Å². The van der Waals surface area contributed by atoms with Crippen molar-refractivity contribution >= 4 is 0 Å². The summed E-state index contributed by atoms with van der Waals surface area (Å²) in [4.78, 5) is 0. The van der Waals surface area contributed by atoms with Crippen LogP contribution in [0.3, 0.4) is 0 Å². The predicted molar refractivity (Wildman–Crippen MR) is 88.5 cm³/mol. The maximum Gasteiger partial charge on any atom is 0.161 e. The lowest BCUT2D eigenvalue weighted by Crippen LogP contribution is -2.15. The summed E-state index contributed by atoms with van der Waals surface area (Å²) in [6, 6.07) is 0.0250. The lowest BCUT2D eigenvalue weighted by Gasteiger charge is -2.13. The molecule has 0 saturated heterocycles. The number of aromatic nitrogens is 2. The molecule has 0 amide bonds. The number of hydrogen-bond acceptors (Lipinski definition) is 3. The van der Waals surface area contributed by atoms with Crippen LogP contribution in [0.4, 0.5) is 0 Å². The van der Waals surface area contributed by atoms with E-state index in [2.05, 4.69) is 12.0 Å². The van der Waals surface area contributed by atoms with Gasteiger partial charge in [-0.15, -0.1) is 0 Å². The number of nitrogens with zero attached hydrogens (tertiary/aromatic N) is 2. The van der Waals surface area contributed by atoms with Crippen molar-refractivity contribution in [3.63, 3.8) is 0 Å². The molecule has 0 radical (unpaired) electrons. The molecule has 1 atom stereocenters. The van der Waals surface area contributed by atoms with E-state index in [4.69, 9.17) is 10.5 Å². The van der Waals surface area contributed by atoms with Crippen molar-refractivity contribution in [2.75, 3.05) is 7.11 Å². The minimum Gasteiger partial charge on any atom is -0.493 e. The Bertz CT molecular complexity index is 376. The van der Waals surface area contributed by atoms with Crippen LogP contribution < -0.4 is 10.5 Å². The van der Waals surface area contributed by atoms with Gasteiger partial charge in [0.05, 0.1) is 25.0 Å². The van der Waals surface area contributed by atoms with Crippen molar-refractivity contribution in [2.24, 2.45) is 12.8 Å². The Kier molecular flexibility index (Phi) is 9.15. The van der Waals surface area contributed by atoms with E-state index >= 15 is 0 Å². The average Bonchev–Trinajstić information content (AvgIpc) is 2.86. The van der Waals surface area contributed by atoms with Crippen LogP contribution in [-0.2, 0) is 7.05 Å². The molecule has 0 bridgehead atoms. The molecule has 0 aliphatic rings. The molecule has 0 fully saturated rings. The van der Waals surface area contributed by atoms with Crippen LogP contribution in [-0.4, -0.2) is 16.9 Å². The first-order chi connectivity index (χ1) is 10.2. The maximum atomic E-state index is 6.27. The third-order valence-electron chi connectivity index (χ3n) is 4.14. The SMILES string of the molecule is CCCCCCCCCCCC(N)c1c(OC)cnn1C. The molecule has 1 rings (SSSR count). The first-order valence-electron chi connectivity index (χ1n) is 8.52. The number of ether oxygens (including phenoxy) is 1. The van der Waals surface area contributed by atoms with Crippen LogP contribution in [0, 0.1) is 0 Å². The molecule has 1 heterocycles. The third kappa shape index (κ3) is 6.51. The van der Waals surface area contributed by atoms with Gasteiger partial charge in [-0.2, -0.15) is 5.10 Å². The monoisotopic (exact) mass is 295 g/mol. The molecule has 0 spiro atoms. The highest BCUT2D eigenvalue weighted by atomic mass is 16.5. The summed E-state index contributed by atoms with van der Waals surface area (Å²) in [6.07, 6.45) is 14.8. The zero-order chi connectivity index (χ0) is 15.5. The summed E-state index contributed by atoms with van der Waals surface area (Å²) in [7, 11) is 3.60. The minimum atomic E-state index is 0.0250. The smallest absolute Gasteiger partial charge is 0.161 e. The summed E-state index contributed by atoms with van der Waals surface area (Å²) in [6.45, 7) is 2.26. The van der Waals surface area contributed by atoms with Crippen LogP contribution in [0.1, 0.15) is 82.9 Å². The third-order valence-corrected chi connectivity index (χ3v) is 4.14. The summed E-state index contributed by atoms with van der Waals surface area (Å²) in [5.74, 6) is 0.806. The standard InChI is InChI=1S/C17H33N3O/c1-4-5-6-7-8-9-10-11-12-13-15(18)17-16(21-3)14-19-20(17)2/h14-15H,4-13,18H2,1-3H3. The molecule has 0 aromatic carbocycles. The van der Waals surface area contributed by atoms with Crippen LogP contribution in [0.2, 0.25) is 0 Å². The largest absolute Gasteiger partial charge is 0.493 e. The van der Waals surface area contributed by atoms with Gasteiger partial charge in [0.2, 0.25) is 0 Å². The Morgan fingerprint density at radius 2 is 1.67 bits per heavy atom. The molecule has 2 N–H and O–H groups in total. The minimum absolute atomic E-state index is 0.0250. The fourth-order valence-electron chi connectivity index (χ4n) is 2.82. The number of nitrogens with two attached hydrogens (primary N) is 1. The normalized spacial score (nSPS) is 12.6. The van der Waals surface area contributed by atoms with Crippen molar-refractivity contribution in [1.82, 2.24) is 9.78 Å². The van der Waals surface area contributed by atoms with Gasteiger partial charge in [-0.05, 0) is 6.42 Å². The Hall–Kier alpha value is -1.03. The number of methoxy groups -OCH3 is 1. The molecule has 0 aliphatic carbocycles. The average molecular weight is 295 g/mol. The summed E-state index contributed by atoms with van der Waals surface area (Å²) < 4.78 is 7.15. The molecule has 4 heteroatoms. The molecule has 1 unspecified atom stereocenters. The zero-order valence-electron chi connectivity index (χ0n) is 14.1. The van der Waals surface area contributed by atoms with E-state index in [1.54, 1.807) is 13.3 Å². The van der Waals surface area contributed by atoms with Gasteiger partial charge in [0.1, 0.15) is 0 Å². The molecule has 1 aromatic rings. The Labute approximate surface area is 130 Å². The predicted octanol–water partition coefficient (Wildman–Crippen LogP) is 4.35. The Morgan fingerprint density at radius 3 is 2.24 bits per heavy atom. The van der Waals surface area contributed by atoms with Crippen LogP contribution in [0.15, 0.2) is 6.20 Å². The van der Waals surface area contributed by atoms with Crippen LogP contribution in [0.5, 0.6) is 5.75 Å². The van der Waals surface area contributed by atoms with Gasteiger partial charge in [0.25, 0.3) is 0 Å². The molecular formula is C17H33N3O. The van der Waals surface area contributed by atoms with Gasteiger partial charge in [0.15, 0.2) is 5.75 Å². The second-order valence-corrected chi connectivity index (χ2v) is 5.95. The highest BCUT2D eigenvalue weighted by Gasteiger charge is 2.16. The molecule has 122 valence electrons. The van der Waals surface area contributed by atoms with Crippen molar-refractivity contribution in [1.29, 1.82) is 0 Å². The molecule has 0 saturated carbocycles. The van der Waals surface area contributed by atoms with E-state index in [0.717, 1.165) is 17.9 Å². The number of aryl methyl sites for hydroxylation is 1. The van der Waals surface area contributed by atoms with E-state index in [1.165, 1.54) is 57.8 Å². The van der Waals surface area contributed by atoms with E-state index in [0.29, 0.717) is 0 Å². The van der Waals surface area contributed by atoms with Gasteiger partial charge < -0.3 is 10.5 Å². The lowest BCUT2D eigenvalue weighted by atomic mass is 10.0. The van der Waals surface area contributed by atoms with E-state index in [9.17, 15) is 0 Å². The second kappa shape index (κ2) is 10.7. The van der Waals surface area contributed by atoms with Gasteiger partial charge >= 0.3 is 0 Å². The van der Waals surface area contributed by atoms with Gasteiger partial charge in [0, 0.05) is 7.05 Å². The van der Waals surface area contributed by atoms with Gasteiger partial charge in [-0.1, -0.05) is 64.7 Å². The Morgan fingerprint density at radius 1 is 1.10 bits per heavy atom. The van der Waals surface area contributed by atoms with Crippen LogP contribution >= 0.6 is 0 Å². The summed E-state index contributed by atoms with van der Waals surface area (Å²) in [5, 5.41) is 4.21. The topological polar surface area (TPSA) is 53.1 Å². The lowest BCUT2D eigenvalue weighted by molar-refractivity contribution is 0.399. The van der Waals surface area contributed by atoms with E-state index in [1.807, 2.05) is 11.7 Å². The fraction of sp³-hybridized carbons (Fsp3) is 0.824. The molecular weight excluding hydrogens is 262 g/mol. The summed E-state index contributed by atoms with van der Waals surface area (Å²) >= 11 is 0. The zero-order valence-corrected chi connectivity index (χ0v) is 14.1. The number of hydrogen-bond donors (Lipinski definition) is 1. The highest BCUT2D eigenvalue weighted by Crippen LogP contribution is 2.26. The molecule has 0 aliphatic heterocycles. The fourth-order valence-corrected chi connectivity index (χ4v) is 2.82. The van der Waals surface area contributed by atoms with Crippen LogP contribution in [0.25, 0.3) is 0 Å². The first kappa shape index (κ1) is 18.0. The molecule has 21 heavy (non-hydrogen) atoms. The van der Waals surface area contributed by atoms with Crippen molar-refractivity contribution in [3.05, 3.63) is 11.9 Å². The number of rotatable bonds is 12. The Balaban J connectivity index is 2.11. The first-order valence-corrected chi connectivity index (χ1v) is 8.52. The van der Waals surface area contributed by atoms with Crippen molar-refractivity contribution < 1.29 is 4.74 Å². The van der Waals surface area contributed by atoms with E-state index in [-0.39, 0.29) is 6.04 Å². The second-order valence-electron chi connectivity index (χ2n) is 5.95. The maximum absolute atomic E-state index is 6.27. The molecule has 1 aromatic heterocycles. The molecule has 4 nitrogen and oxygen atoms in total. The highest BCUT2D eigenvalue weighted by molar-refractivity contribution is 5.27. The van der Waals surface area contributed by atoms with Crippen molar-refractivity contribution in [3.8, 4) is 5.75 Å².